The monoisotopic (exact) mass is 431 g/mol. The summed E-state index contributed by atoms with van der Waals surface area (Å²) >= 11 is 0. The lowest BCUT2D eigenvalue weighted by Crippen LogP contribution is -2.58. The largest absolute Gasteiger partial charge is 0.481 e. The maximum atomic E-state index is 12.7. The molecular formula is C18H33N5O7. The number of unbranched alkanes of at least 4 members (excludes halogenated alkanes) is 1. The highest BCUT2D eigenvalue weighted by Gasteiger charge is 2.32. The van der Waals surface area contributed by atoms with E-state index in [2.05, 4.69) is 10.6 Å². The number of aliphatic carboxylic acids is 2. The third-order valence-electron chi connectivity index (χ3n) is 4.52. The highest BCUT2D eigenvalue weighted by Crippen LogP contribution is 2.10. The standard InChI is InChI=1S/C18H33N5O7/c1-3-10(2)15(23-16(28)11(20)6-4-5-7-19)18(30)22-12(8-13(24)25)17(29)21-9-14(26)27/h10-12,15H,3-9,19-20H2,1-2H3,(H,21,29)(H,22,30)(H,23,28)(H,24,25)(H,26,27). The molecule has 0 radical (unpaired) electrons. The highest BCUT2D eigenvalue weighted by molar-refractivity contribution is 5.95. The lowest BCUT2D eigenvalue weighted by molar-refractivity contribution is -0.142. The Labute approximate surface area is 175 Å². The molecule has 0 heterocycles. The molecule has 0 fully saturated rings. The van der Waals surface area contributed by atoms with Gasteiger partial charge in [0, 0.05) is 0 Å². The van der Waals surface area contributed by atoms with E-state index < -0.39 is 60.8 Å². The molecule has 0 aromatic rings. The molecule has 0 aromatic heterocycles. The van der Waals surface area contributed by atoms with E-state index in [-0.39, 0.29) is 5.92 Å². The lowest BCUT2D eigenvalue weighted by atomic mass is 9.97. The first-order chi connectivity index (χ1) is 14.0. The molecule has 172 valence electrons. The van der Waals surface area contributed by atoms with Crippen LogP contribution >= 0.6 is 0 Å². The summed E-state index contributed by atoms with van der Waals surface area (Å²) in [6, 6.07) is -3.40. The molecule has 0 saturated heterocycles. The van der Waals surface area contributed by atoms with Gasteiger partial charge in [-0.15, -0.1) is 0 Å². The van der Waals surface area contributed by atoms with Crippen molar-refractivity contribution in [2.45, 2.75) is 64.1 Å². The second kappa shape index (κ2) is 14.3. The van der Waals surface area contributed by atoms with Crippen molar-refractivity contribution in [2.24, 2.45) is 17.4 Å². The van der Waals surface area contributed by atoms with E-state index in [4.69, 9.17) is 21.7 Å². The third kappa shape index (κ3) is 10.7. The van der Waals surface area contributed by atoms with Gasteiger partial charge in [0.15, 0.2) is 0 Å². The van der Waals surface area contributed by atoms with Crippen LogP contribution in [0.2, 0.25) is 0 Å². The number of carbonyl (C=O) groups is 5. The molecule has 0 saturated carbocycles. The molecule has 4 atom stereocenters. The minimum absolute atomic E-state index is 0.335. The normalized spacial score (nSPS) is 14.7. The highest BCUT2D eigenvalue weighted by atomic mass is 16.4. The van der Waals surface area contributed by atoms with Crippen molar-refractivity contribution < 1.29 is 34.2 Å². The molecule has 4 unspecified atom stereocenters. The molecule has 0 aliphatic carbocycles. The van der Waals surface area contributed by atoms with E-state index in [1.807, 2.05) is 5.32 Å². The van der Waals surface area contributed by atoms with Gasteiger partial charge in [0.05, 0.1) is 12.5 Å². The zero-order chi connectivity index (χ0) is 23.3. The quantitative estimate of drug-likeness (QED) is 0.144. The lowest BCUT2D eigenvalue weighted by Gasteiger charge is -2.27. The van der Waals surface area contributed by atoms with E-state index in [0.29, 0.717) is 32.2 Å². The number of nitrogens with two attached hydrogens (primary N) is 2. The van der Waals surface area contributed by atoms with Crippen LogP contribution < -0.4 is 27.4 Å². The van der Waals surface area contributed by atoms with Gasteiger partial charge in [0.2, 0.25) is 17.7 Å². The minimum atomic E-state index is -1.50. The Morgan fingerprint density at radius 1 is 0.933 bits per heavy atom. The number of amides is 3. The summed E-state index contributed by atoms with van der Waals surface area (Å²) in [7, 11) is 0. The molecule has 0 aliphatic heterocycles. The molecule has 12 nitrogen and oxygen atoms in total. The van der Waals surface area contributed by atoms with Gasteiger partial charge in [-0.3, -0.25) is 24.0 Å². The maximum absolute atomic E-state index is 12.7. The van der Waals surface area contributed by atoms with Crippen LogP contribution in [0.25, 0.3) is 0 Å². The molecule has 0 spiro atoms. The smallest absolute Gasteiger partial charge is 0.322 e. The van der Waals surface area contributed by atoms with Crippen LogP contribution in [0.4, 0.5) is 0 Å². The Morgan fingerprint density at radius 2 is 1.57 bits per heavy atom. The fourth-order valence-electron chi connectivity index (χ4n) is 2.53. The van der Waals surface area contributed by atoms with Crippen LogP contribution in [0, 0.1) is 5.92 Å². The van der Waals surface area contributed by atoms with E-state index in [1.165, 1.54) is 0 Å². The number of carbonyl (C=O) groups excluding carboxylic acids is 3. The SMILES string of the molecule is CCC(C)C(NC(=O)C(N)CCCCN)C(=O)NC(CC(=O)O)C(=O)NCC(=O)O. The second-order valence-electron chi connectivity index (χ2n) is 7.03. The van der Waals surface area contributed by atoms with E-state index in [1.54, 1.807) is 13.8 Å². The molecule has 0 rings (SSSR count). The van der Waals surface area contributed by atoms with Gasteiger partial charge in [-0.1, -0.05) is 26.7 Å². The number of carboxylic acid groups (broad SMARTS) is 2. The van der Waals surface area contributed by atoms with Crippen LogP contribution in [-0.2, 0) is 24.0 Å². The molecule has 12 heteroatoms. The van der Waals surface area contributed by atoms with Crippen molar-refractivity contribution in [1.82, 2.24) is 16.0 Å². The first-order valence-corrected chi connectivity index (χ1v) is 9.81. The summed E-state index contributed by atoms with van der Waals surface area (Å²) in [6.45, 7) is 3.25. The van der Waals surface area contributed by atoms with Crippen molar-refractivity contribution in [3.63, 3.8) is 0 Å². The second-order valence-corrected chi connectivity index (χ2v) is 7.03. The first-order valence-electron chi connectivity index (χ1n) is 9.81. The van der Waals surface area contributed by atoms with Crippen LogP contribution in [0.1, 0.15) is 46.0 Å². The summed E-state index contributed by atoms with van der Waals surface area (Å²) in [5, 5.41) is 24.5. The van der Waals surface area contributed by atoms with Crippen molar-refractivity contribution in [2.75, 3.05) is 13.1 Å². The van der Waals surface area contributed by atoms with Crippen LogP contribution in [-0.4, -0.2) is 71.1 Å². The molecule has 30 heavy (non-hydrogen) atoms. The van der Waals surface area contributed by atoms with E-state index in [0.717, 1.165) is 0 Å². The number of rotatable bonds is 15. The molecule has 0 aliphatic rings. The number of hydrogen-bond acceptors (Lipinski definition) is 7. The van der Waals surface area contributed by atoms with Gasteiger partial charge < -0.3 is 37.6 Å². The first kappa shape index (κ1) is 27.3. The Balaban J connectivity index is 5.23. The van der Waals surface area contributed by atoms with E-state index in [9.17, 15) is 24.0 Å². The van der Waals surface area contributed by atoms with Crippen LogP contribution in [0.3, 0.4) is 0 Å². The molecule has 0 bridgehead atoms. The summed E-state index contributed by atoms with van der Waals surface area (Å²) in [5.41, 5.74) is 11.3. The van der Waals surface area contributed by atoms with Gasteiger partial charge in [-0.2, -0.15) is 0 Å². The van der Waals surface area contributed by atoms with Gasteiger partial charge >= 0.3 is 11.9 Å². The molecule has 9 N–H and O–H groups in total. The summed E-state index contributed by atoms with van der Waals surface area (Å²) in [4.78, 5) is 58.8. The maximum Gasteiger partial charge on any atom is 0.322 e. The predicted octanol–water partition coefficient (Wildman–Crippen LogP) is -1.87. The Hall–Kier alpha value is -2.73. The molecular weight excluding hydrogens is 398 g/mol. The van der Waals surface area contributed by atoms with Gasteiger partial charge in [-0.05, 0) is 25.3 Å². The molecule has 3 amide bonds. The van der Waals surface area contributed by atoms with Crippen molar-refractivity contribution in [3.8, 4) is 0 Å². The zero-order valence-corrected chi connectivity index (χ0v) is 17.3. The van der Waals surface area contributed by atoms with Crippen LogP contribution in [0.5, 0.6) is 0 Å². The number of nitrogens with one attached hydrogen (secondary N) is 3. The predicted molar refractivity (Wildman–Crippen MR) is 107 cm³/mol. The zero-order valence-electron chi connectivity index (χ0n) is 17.3. The van der Waals surface area contributed by atoms with Crippen molar-refractivity contribution in [1.29, 1.82) is 0 Å². The van der Waals surface area contributed by atoms with Gasteiger partial charge in [0.25, 0.3) is 0 Å². The third-order valence-corrected chi connectivity index (χ3v) is 4.52. The van der Waals surface area contributed by atoms with Crippen LogP contribution in [0.15, 0.2) is 0 Å². The summed E-state index contributed by atoms with van der Waals surface area (Å²) in [5.74, 6) is -5.28. The van der Waals surface area contributed by atoms with Crippen molar-refractivity contribution >= 4 is 29.7 Å². The molecule has 0 aromatic carbocycles. The van der Waals surface area contributed by atoms with E-state index >= 15 is 0 Å². The Kier molecular flexibility index (Phi) is 13.0. The van der Waals surface area contributed by atoms with Gasteiger partial charge in [0.1, 0.15) is 18.6 Å². The van der Waals surface area contributed by atoms with Crippen molar-refractivity contribution in [3.05, 3.63) is 0 Å². The topological polar surface area (TPSA) is 214 Å². The minimum Gasteiger partial charge on any atom is -0.481 e. The summed E-state index contributed by atoms with van der Waals surface area (Å²) < 4.78 is 0. The Morgan fingerprint density at radius 3 is 2.07 bits per heavy atom. The summed E-state index contributed by atoms with van der Waals surface area (Å²) in [6.07, 6.45) is 1.50. The van der Waals surface area contributed by atoms with Gasteiger partial charge in [-0.25, -0.2) is 0 Å². The fourth-order valence-corrected chi connectivity index (χ4v) is 2.53. The number of hydrogen-bond donors (Lipinski definition) is 7. The Bertz CT molecular complexity index is 614. The average molecular weight is 431 g/mol. The fraction of sp³-hybridized carbons (Fsp3) is 0.722. The number of carboxylic acids is 2. The average Bonchev–Trinajstić information content (AvgIpc) is 2.68.